The van der Waals surface area contributed by atoms with Crippen LogP contribution >= 0.6 is 0 Å². The lowest BCUT2D eigenvalue weighted by atomic mass is 9.91. The van der Waals surface area contributed by atoms with Crippen molar-refractivity contribution in [1.82, 2.24) is 4.57 Å². The summed E-state index contributed by atoms with van der Waals surface area (Å²) in [4.78, 5) is 2.45. The van der Waals surface area contributed by atoms with E-state index in [0.29, 0.717) is 6.54 Å². The SMILES string of the molecule is c1ccc(-n2c3ccccc3c3ccc(N(Cc4ccc5oc6ccccc6c5c4-c4ccc5c(ccc6ccccc65)c4)c4ccc5c(c4)oc4ccccc45)cc32)cc1. The van der Waals surface area contributed by atoms with E-state index < -0.39 is 0 Å². The number of anilines is 2. The second-order valence-electron chi connectivity index (χ2n) is 16.0. The number of aromatic nitrogens is 1. The zero-order valence-electron chi connectivity index (χ0n) is 33.0. The Hall–Kier alpha value is -8.08. The van der Waals surface area contributed by atoms with Crippen LogP contribution in [0.15, 0.2) is 215 Å². The minimum atomic E-state index is 0.587. The molecule has 13 aromatic rings. The lowest BCUT2D eigenvalue weighted by molar-refractivity contribution is 0.668. The van der Waals surface area contributed by atoms with E-state index in [1.54, 1.807) is 0 Å². The third-order valence-corrected chi connectivity index (χ3v) is 12.6. The third-order valence-electron chi connectivity index (χ3n) is 12.6. The van der Waals surface area contributed by atoms with Gasteiger partial charge in [-0.15, -0.1) is 0 Å². The van der Waals surface area contributed by atoms with Gasteiger partial charge in [-0.25, -0.2) is 0 Å². The van der Waals surface area contributed by atoms with Crippen LogP contribution in [0.2, 0.25) is 0 Å². The molecule has 4 heteroatoms. The van der Waals surface area contributed by atoms with Crippen LogP contribution in [0.1, 0.15) is 5.56 Å². The fourth-order valence-electron chi connectivity index (χ4n) is 9.86. The Morgan fingerprint density at radius 2 is 0.984 bits per heavy atom. The molecule has 0 atom stereocenters. The van der Waals surface area contributed by atoms with Crippen molar-refractivity contribution in [3.8, 4) is 16.8 Å². The van der Waals surface area contributed by atoms with Crippen LogP contribution in [0.3, 0.4) is 0 Å². The van der Waals surface area contributed by atoms with Crippen LogP contribution in [0.5, 0.6) is 0 Å². The van der Waals surface area contributed by atoms with E-state index in [9.17, 15) is 0 Å². The van der Waals surface area contributed by atoms with E-state index in [-0.39, 0.29) is 0 Å². The van der Waals surface area contributed by atoms with Crippen molar-refractivity contribution in [2.24, 2.45) is 0 Å². The molecule has 286 valence electrons. The van der Waals surface area contributed by atoms with E-state index in [0.717, 1.165) is 72.0 Å². The molecule has 0 unspecified atom stereocenters. The molecule has 0 bridgehead atoms. The summed E-state index contributed by atoms with van der Waals surface area (Å²) < 4.78 is 15.5. The topological polar surface area (TPSA) is 34.5 Å². The molecule has 10 aromatic carbocycles. The smallest absolute Gasteiger partial charge is 0.137 e. The minimum absolute atomic E-state index is 0.587. The fraction of sp³-hybridized carbons (Fsp3) is 0.0175. The highest BCUT2D eigenvalue weighted by atomic mass is 16.3. The first-order chi connectivity index (χ1) is 30.2. The van der Waals surface area contributed by atoms with Crippen molar-refractivity contribution >= 4 is 98.6 Å². The van der Waals surface area contributed by atoms with Gasteiger partial charge in [-0.2, -0.15) is 0 Å². The Morgan fingerprint density at radius 1 is 0.377 bits per heavy atom. The highest BCUT2D eigenvalue weighted by Gasteiger charge is 2.22. The van der Waals surface area contributed by atoms with E-state index in [1.807, 2.05) is 18.2 Å². The molecule has 0 saturated carbocycles. The summed E-state index contributed by atoms with van der Waals surface area (Å²) in [6.07, 6.45) is 0. The predicted octanol–water partition coefficient (Wildman–Crippen LogP) is 15.9. The maximum absolute atomic E-state index is 6.57. The highest BCUT2D eigenvalue weighted by Crippen LogP contribution is 2.44. The average Bonchev–Trinajstić information content (AvgIpc) is 4.00. The van der Waals surface area contributed by atoms with E-state index >= 15 is 0 Å². The molecule has 0 aliphatic carbocycles. The molecule has 0 amide bonds. The number of para-hydroxylation sites is 4. The van der Waals surface area contributed by atoms with Crippen LogP contribution < -0.4 is 4.90 Å². The maximum atomic E-state index is 6.57. The van der Waals surface area contributed by atoms with Crippen molar-refractivity contribution in [3.63, 3.8) is 0 Å². The van der Waals surface area contributed by atoms with Gasteiger partial charge in [0.15, 0.2) is 0 Å². The van der Waals surface area contributed by atoms with Gasteiger partial charge >= 0.3 is 0 Å². The molecule has 0 saturated heterocycles. The Balaban J connectivity index is 1.06. The van der Waals surface area contributed by atoms with Crippen molar-refractivity contribution < 1.29 is 8.83 Å². The molecule has 0 N–H and O–H groups in total. The lowest BCUT2D eigenvalue weighted by Crippen LogP contribution is -2.17. The predicted molar refractivity (Wildman–Crippen MR) is 255 cm³/mol. The first kappa shape index (κ1) is 33.8. The van der Waals surface area contributed by atoms with Gasteiger partial charge < -0.3 is 18.3 Å². The summed E-state index contributed by atoms with van der Waals surface area (Å²) in [6.45, 7) is 0.587. The van der Waals surface area contributed by atoms with Gasteiger partial charge in [-0.3, -0.25) is 0 Å². The summed E-state index contributed by atoms with van der Waals surface area (Å²) in [6, 6.07) is 74.2. The molecule has 61 heavy (non-hydrogen) atoms. The van der Waals surface area contributed by atoms with E-state index in [2.05, 4.69) is 198 Å². The zero-order valence-corrected chi connectivity index (χ0v) is 33.0. The van der Waals surface area contributed by atoms with Crippen LogP contribution in [-0.4, -0.2) is 4.57 Å². The zero-order chi connectivity index (χ0) is 40.0. The number of nitrogens with zero attached hydrogens (tertiary/aromatic N) is 2. The minimum Gasteiger partial charge on any atom is -0.456 e. The van der Waals surface area contributed by atoms with Gasteiger partial charge in [0.25, 0.3) is 0 Å². The molecule has 0 aliphatic rings. The largest absolute Gasteiger partial charge is 0.456 e. The Kier molecular flexibility index (Phi) is 7.33. The van der Waals surface area contributed by atoms with Gasteiger partial charge in [0.2, 0.25) is 0 Å². The number of fused-ring (bicyclic) bond motifs is 12. The van der Waals surface area contributed by atoms with Crippen LogP contribution in [0, 0.1) is 0 Å². The Labute approximate surface area is 350 Å². The first-order valence-corrected chi connectivity index (χ1v) is 20.9. The highest BCUT2D eigenvalue weighted by molar-refractivity contribution is 6.15. The molecular formula is C57H36N2O2. The first-order valence-electron chi connectivity index (χ1n) is 20.9. The number of hydrogen-bond donors (Lipinski definition) is 0. The fourth-order valence-corrected chi connectivity index (χ4v) is 9.86. The van der Waals surface area contributed by atoms with Gasteiger partial charge in [-0.1, -0.05) is 133 Å². The summed E-state index contributed by atoms with van der Waals surface area (Å²) in [7, 11) is 0. The Bertz CT molecular complexity index is 3870. The van der Waals surface area contributed by atoms with Gasteiger partial charge in [0.1, 0.15) is 22.3 Å². The number of rotatable bonds is 6. The average molecular weight is 781 g/mol. The van der Waals surface area contributed by atoms with Crippen LogP contribution in [0.4, 0.5) is 11.4 Å². The van der Waals surface area contributed by atoms with Gasteiger partial charge in [-0.05, 0) is 105 Å². The molecule has 3 heterocycles. The summed E-state index contributed by atoms with van der Waals surface area (Å²) >= 11 is 0. The van der Waals surface area contributed by atoms with Crippen molar-refractivity contribution in [2.75, 3.05) is 4.90 Å². The number of hydrogen-bond acceptors (Lipinski definition) is 3. The van der Waals surface area contributed by atoms with Crippen LogP contribution in [0.25, 0.3) is 104 Å². The summed E-state index contributed by atoms with van der Waals surface area (Å²) in [5, 5.41) is 11.9. The quantitative estimate of drug-likeness (QED) is 0.158. The molecule has 0 radical (unpaired) electrons. The van der Waals surface area contributed by atoms with Crippen LogP contribution in [-0.2, 0) is 6.54 Å². The number of benzene rings is 10. The van der Waals surface area contributed by atoms with Crippen molar-refractivity contribution in [3.05, 3.63) is 212 Å². The molecule has 0 spiro atoms. The lowest BCUT2D eigenvalue weighted by Gasteiger charge is -2.27. The number of furan rings is 2. The normalized spacial score (nSPS) is 12.0. The monoisotopic (exact) mass is 780 g/mol. The second kappa shape index (κ2) is 13.2. The summed E-state index contributed by atoms with van der Waals surface area (Å²) in [5.74, 6) is 0. The van der Waals surface area contributed by atoms with E-state index in [1.165, 1.54) is 49.0 Å². The molecular weight excluding hydrogens is 745 g/mol. The molecule has 4 nitrogen and oxygen atoms in total. The molecule has 3 aromatic heterocycles. The van der Waals surface area contributed by atoms with Crippen molar-refractivity contribution in [2.45, 2.75) is 6.54 Å². The standard InChI is InChI=1S/C57H36N2O2/c1-2-13-40(14-3-1)59-50-19-9-6-16-45(50)46-29-26-41(33-51(46)59)58(42-27-30-48-47-17-7-10-20-52(47)61-55(48)34-42)35-39-25-31-54-57(49-18-8-11-21-53(49)60-54)56(39)38-24-28-44-37(32-38)23-22-36-12-4-5-15-43(36)44/h1-34H,35H2. The van der Waals surface area contributed by atoms with Gasteiger partial charge in [0, 0.05) is 62.0 Å². The third kappa shape index (κ3) is 5.25. The molecule has 0 aliphatic heterocycles. The Morgan fingerprint density at radius 3 is 1.85 bits per heavy atom. The molecule has 13 rings (SSSR count). The van der Waals surface area contributed by atoms with Crippen molar-refractivity contribution in [1.29, 1.82) is 0 Å². The van der Waals surface area contributed by atoms with Gasteiger partial charge in [0.05, 0.1) is 11.0 Å². The molecule has 0 fully saturated rings. The second-order valence-corrected chi connectivity index (χ2v) is 16.0. The summed E-state index contributed by atoms with van der Waals surface area (Å²) in [5.41, 5.74) is 12.6. The maximum Gasteiger partial charge on any atom is 0.137 e. The van der Waals surface area contributed by atoms with E-state index in [4.69, 9.17) is 8.83 Å².